The fourth-order valence-electron chi connectivity index (χ4n) is 2.29. The Labute approximate surface area is 121 Å². The molecule has 1 atom stereocenters. The van der Waals surface area contributed by atoms with E-state index in [0.717, 1.165) is 11.3 Å². The van der Waals surface area contributed by atoms with Gasteiger partial charge < -0.3 is 14.1 Å². The van der Waals surface area contributed by atoms with E-state index in [1.165, 1.54) is 0 Å². The van der Waals surface area contributed by atoms with Crippen LogP contribution in [0.1, 0.15) is 18.2 Å². The number of hydrogen-bond donors (Lipinski definition) is 0. The maximum absolute atomic E-state index is 12.4. The highest BCUT2D eigenvalue weighted by molar-refractivity contribution is 6.30. The zero-order valence-corrected chi connectivity index (χ0v) is 11.8. The van der Waals surface area contributed by atoms with E-state index in [9.17, 15) is 4.79 Å². The second-order valence-electron chi connectivity index (χ2n) is 4.79. The van der Waals surface area contributed by atoms with Crippen molar-refractivity contribution in [2.24, 2.45) is 0 Å². The second kappa shape index (κ2) is 5.21. The Kier molecular flexibility index (Phi) is 3.40. The molecule has 104 valence electrons. The average molecular weight is 292 g/mol. The number of carbonyl (C=O) groups is 1. The lowest BCUT2D eigenvalue weighted by atomic mass is 10.2. The van der Waals surface area contributed by atoms with E-state index in [1.54, 1.807) is 30.2 Å². The number of fused-ring (bicyclic) bond motifs is 1. The smallest absolute Gasteiger partial charge is 0.264 e. The van der Waals surface area contributed by atoms with Crippen molar-refractivity contribution in [2.45, 2.75) is 26.1 Å². The Hall–Kier alpha value is -1.94. The van der Waals surface area contributed by atoms with Gasteiger partial charge in [0.1, 0.15) is 11.5 Å². The molecule has 0 aliphatic carbocycles. The molecule has 1 aromatic heterocycles. The molecule has 1 aliphatic heterocycles. The summed E-state index contributed by atoms with van der Waals surface area (Å²) >= 11 is 6.02. The van der Waals surface area contributed by atoms with Gasteiger partial charge in [0, 0.05) is 17.1 Å². The molecule has 0 spiro atoms. The van der Waals surface area contributed by atoms with Gasteiger partial charge in [-0.05, 0) is 37.3 Å². The fourth-order valence-corrected chi connectivity index (χ4v) is 2.49. The van der Waals surface area contributed by atoms with Crippen LogP contribution in [0.4, 0.5) is 0 Å². The third kappa shape index (κ3) is 2.51. The van der Waals surface area contributed by atoms with Crippen LogP contribution in [-0.2, 0) is 17.9 Å². The predicted octanol–water partition coefficient (Wildman–Crippen LogP) is 3.24. The first-order valence-electron chi connectivity index (χ1n) is 6.40. The molecule has 0 fully saturated rings. The molecule has 0 radical (unpaired) electrons. The lowest BCUT2D eigenvalue weighted by Gasteiger charge is -2.20. The summed E-state index contributed by atoms with van der Waals surface area (Å²) in [6.07, 6.45) is 1.08. The highest BCUT2D eigenvalue weighted by Gasteiger charge is 2.28. The van der Waals surface area contributed by atoms with E-state index >= 15 is 0 Å². The minimum Gasteiger partial charge on any atom is -0.481 e. The predicted molar refractivity (Wildman–Crippen MR) is 74.5 cm³/mol. The molecule has 0 saturated carbocycles. The molecule has 2 heterocycles. The molecule has 4 nitrogen and oxygen atoms in total. The maximum Gasteiger partial charge on any atom is 0.264 e. The number of furan rings is 1. The van der Waals surface area contributed by atoms with E-state index in [4.69, 9.17) is 20.8 Å². The van der Waals surface area contributed by atoms with Gasteiger partial charge in [-0.25, -0.2) is 0 Å². The van der Waals surface area contributed by atoms with Crippen molar-refractivity contribution >= 4 is 17.5 Å². The molecule has 0 N–H and O–H groups in total. The summed E-state index contributed by atoms with van der Waals surface area (Å²) in [6.45, 7) is 2.63. The molecule has 2 aromatic rings. The Morgan fingerprint density at radius 2 is 2.25 bits per heavy atom. The van der Waals surface area contributed by atoms with Gasteiger partial charge in [0.15, 0.2) is 6.10 Å². The van der Waals surface area contributed by atoms with Crippen LogP contribution < -0.4 is 4.74 Å². The van der Waals surface area contributed by atoms with Crippen molar-refractivity contribution in [3.05, 3.63) is 52.9 Å². The standard InChI is InChI=1S/C15H14ClNO3/c1-10-15(18)17(9-13-3-2-6-19-13)8-11-7-12(16)4-5-14(11)20-10/h2-7,10H,8-9H2,1H3/t10-/m0/s1. The molecule has 3 rings (SSSR count). The lowest BCUT2D eigenvalue weighted by molar-refractivity contribution is -0.138. The number of benzene rings is 1. The van der Waals surface area contributed by atoms with Crippen molar-refractivity contribution in [1.29, 1.82) is 0 Å². The summed E-state index contributed by atoms with van der Waals surface area (Å²) in [5, 5.41) is 0.632. The fraction of sp³-hybridized carbons (Fsp3) is 0.267. The summed E-state index contributed by atoms with van der Waals surface area (Å²) in [7, 11) is 0. The minimum atomic E-state index is -0.521. The van der Waals surface area contributed by atoms with Crippen LogP contribution in [0, 0.1) is 0 Å². The van der Waals surface area contributed by atoms with Crippen molar-refractivity contribution in [3.63, 3.8) is 0 Å². The lowest BCUT2D eigenvalue weighted by Crippen LogP contribution is -2.37. The number of nitrogens with zero attached hydrogens (tertiary/aromatic N) is 1. The Bertz CT molecular complexity index is 624. The van der Waals surface area contributed by atoms with Gasteiger partial charge in [-0.2, -0.15) is 0 Å². The van der Waals surface area contributed by atoms with Gasteiger partial charge in [-0.15, -0.1) is 0 Å². The first-order chi connectivity index (χ1) is 9.63. The van der Waals surface area contributed by atoms with Gasteiger partial charge in [0.05, 0.1) is 12.8 Å². The molecular weight excluding hydrogens is 278 g/mol. The van der Waals surface area contributed by atoms with Crippen molar-refractivity contribution in [2.75, 3.05) is 0 Å². The van der Waals surface area contributed by atoms with Crippen molar-refractivity contribution < 1.29 is 13.9 Å². The van der Waals surface area contributed by atoms with Crippen molar-refractivity contribution in [3.8, 4) is 5.75 Å². The van der Waals surface area contributed by atoms with Crippen LogP contribution in [0.5, 0.6) is 5.75 Å². The Morgan fingerprint density at radius 3 is 3.00 bits per heavy atom. The Morgan fingerprint density at radius 1 is 1.40 bits per heavy atom. The van der Waals surface area contributed by atoms with Crippen molar-refractivity contribution in [1.82, 2.24) is 4.90 Å². The van der Waals surface area contributed by atoms with Gasteiger partial charge in [-0.3, -0.25) is 4.79 Å². The van der Waals surface area contributed by atoms with Crippen LogP contribution >= 0.6 is 11.6 Å². The summed E-state index contributed by atoms with van der Waals surface area (Å²) in [6, 6.07) is 9.06. The van der Waals surface area contributed by atoms with Crippen LogP contribution in [0.2, 0.25) is 5.02 Å². The van der Waals surface area contributed by atoms with E-state index in [0.29, 0.717) is 23.9 Å². The number of carbonyl (C=O) groups excluding carboxylic acids is 1. The molecular formula is C15H14ClNO3. The zero-order valence-electron chi connectivity index (χ0n) is 11.0. The Balaban J connectivity index is 1.91. The van der Waals surface area contributed by atoms with Crippen LogP contribution in [0.25, 0.3) is 0 Å². The number of hydrogen-bond acceptors (Lipinski definition) is 3. The monoisotopic (exact) mass is 291 g/mol. The summed E-state index contributed by atoms with van der Waals surface area (Å²) in [4.78, 5) is 14.1. The van der Waals surface area contributed by atoms with Crippen LogP contribution in [0.15, 0.2) is 41.0 Å². The third-order valence-corrected chi connectivity index (χ3v) is 3.51. The highest BCUT2D eigenvalue weighted by atomic mass is 35.5. The van der Waals surface area contributed by atoms with E-state index in [1.807, 2.05) is 18.2 Å². The van der Waals surface area contributed by atoms with Gasteiger partial charge in [0.2, 0.25) is 0 Å². The average Bonchev–Trinajstić information content (AvgIpc) is 2.89. The number of amides is 1. The summed E-state index contributed by atoms with van der Waals surface area (Å²) < 4.78 is 11.0. The molecule has 0 bridgehead atoms. The number of ether oxygens (including phenoxy) is 1. The maximum atomic E-state index is 12.4. The SMILES string of the molecule is C[C@@H]1Oc2ccc(Cl)cc2CN(Cc2ccco2)C1=O. The van der Waals surface area contributed by atoms with Crippen LogP contribution in [-0.4, -0.2) is 16.9 Å². The molecule has 5 heteroatoms. The van der Waals surface area contributed by atoms with E-state index in [2.05, 4.69) is 0 Å². The van der Waals surface area contributed by atoms with E-state index in [-0.39, 0.29) is 5.91 Å². The molecule has 0 unspecified atom stereocenters. The summed E-state index contributed by atoms with van der Waals surface area (Å²) in [5.74, 6) is 1.39. The van der Waals surface area contributed by atoms with Gasteiger partial charge in [-0.1, -0.05) is 11.6 Å². The molecule has 1 aromatic carbocycles. The van der Waals surface area contributed by atoms with Gasteiger partial charge >= 0.3 is 0 Å². The van der Waals surface area contributed by atoms with Gasteiger partial charge in [0.25, 0.3) is 5.91 Å². The normalized spacial score (nSPS) is 18.4. The molecule has 0 saturated heterocycles. The zero-order chi connectivity index (χ0) is 14.1. The third-order valence-electron chi connectivity index (χ3n) is 3.27. The largest absolute Gasteiger partial charge is 0.481 e. The quantitative estimate of drug-likeness (QED) is 0.853. The van der Waals surface area contributed by atoms with E-state index < -0.39 is 6.10 Å². The topological polar surface area (TPSA) is 42.7 Å². The molecule has 20 heavy (non-hydrogen) atoms. The second-order valence-corrected chi connectivity index (χ2v) is 5.22. The summed E-state index contributed by atoms with van der Waals surface area (Å²) in [5.41, 5.74) is 0.904. The number of rotatable bonds is 2. The van der Waals surface area contributed by atoms with Crippen LogP contribution in [0.3, 0.4) is 0 Å². The first kappa shape index (κ1) is 13.1. The minimum absolute atomic E-state index is 0.0614. The first-order valence-corrected chi connectivity index (χ1v) is 6.77. The number of halogens is 1. The molecule has 1 aliphatic rings. The molecule has 1 amide bonds. The highest BCUT2D eigenvalue weighted by Crippen LogP contribution is 2.29.